The molecule has 0 atom stereocenters. The summed E-state index contributed by atoms with van der Waals surface area (Å²) in [7, 11) is 0. The van der Waals surface area contributed by atoms with Gasteiger partial charge in [-0.25, -0.2) is 0 Å². The van der Waals surface area contributed by atoms with E-state index < -0.39 is 0 Å². The van der Waals surface area contributed by atoms with Crippen molar-refractivity contribution in [3.05, 3.63) is 0 Å². The standard InChI is InChI=1S/C18H35N7O2/c1-3-15(4-2)21-17-22-16(20-8-12-27-14-13-26-11-7-19)23-18(24-17)25-9-5-6-10-25/h15H,3-14,19H2,1-2H3,(H2,20,21,22,23,24). The Morgan fingerprint density at radius 3 is 2.30 bits per heavy atom. The predicted molar refractivity (Wildman–Crippen MR) is 108 cm³/mol. The van der Waals surface area contributed by atoms with Crippen LogP contribution >= 0.6 is 0 Å². The van der Waals surface area contributed by atoms with Crippen LogP contribution in [0.1, 0.15) is 39.5 Å². The maximum absolute atomic E-state index is 5.54. The maximum Gasteiger partial charge on any atom is 0.231 e. The third-order valence-corrected chi connectivity index (χ3v) is 4.50. The lowest BCUT2D eigenvalue weighted by Gasteiger charge is -2.19. The third kappa shape index (κ3) is 7.82. The number of aromatic nitrogens is 3. The Bertz CT molecular complexity index is 522. The van der Waals surface area contributed by atoms with Crippen LogP contribution in [0.25, 0.3) is 0 Å². The molecule has 0 radical (unpaired) electrons. The zero-order valence-electron chi connectivity index (χ0n) is 16.7. The van der Waals surface area contributed by atoms with Crippen molar-refractivity contribution < 1.29 is 9.47 Å². The molecule has 0 unspecified atom stereocenters. The lowest BCUT2D eigenvalue weighted by Crippen LogP contribution is -2.25. The molecule has 154 valence electrons. The highest BCUT2D eigenvalue weighted by molar-refractivity contribution is 5.44. The number of hydrogen-bond donors (Lipinski definition) is 3. The Morgan fingerprint density at radius 1 is 0.963 bits per heavy atom. The maximum atomic E-state index is 5.54. The predicted octanol–water partition coefficient (Wildman–Crippen LogP) is 1.48. The minimum absolute atomic E-state index is 0.364. The van der Waals surface area contributed by atoms with Gasteiger partial charge in [-0.3, -0.25) is 0 Å². The zero-order valence-corrected chi connectivity index (χ0v) is 16.7. The van der Waals surface area contributed by atoms with Crippen molar-refractivity contribution >= 4 is 17.8 Å². The molecular formula is C18H35N7O2. The fourth-order valence-corrected chi connectivity index (χ4v) is 2.88. The van der Waals surface area contributed by atoms with Gasteiger partial charge >= 0.3 is 0 Å². The van der Waals surface area contributed by atoms with Crippen molar-refractivity contribution in [2.75, 3.05) is 68.1 Å². The minimum atomic E-state index is 0.364. The highest BCUT2D eigenvalue weighted by atomic mass is 16.5. The first-order chi connectivity index (χ1) is 13.3. The van der Waals surface area contributed by atoms with E-state index in [2.05, 4.69) is 44.3 Å². The van der Waals surface area contributed by atoms with Crippen molar-refractivity contribution in [3.63, 3.8) is 0 Å². The average molecular weight is 382 g/mol. The molecule has 2 rings (SSSR count). The van der Waals surface area contributed by atoms with Gasteiger partial charge in [0.05, 0.1) is 26.4 Å². The molecule has 1 saturated heterocycles. The van der Waals surface area contributed by atoms with Crippen LogP contribution in [0.2, 0.25) is 0 Å². The first-order valence-electron chi connectivity index (χ1n) is 10.1. The molecule has 9 heteroatoms. The van der Waals surface area contributed by atoms with Crippen molar-refractivity contribution in [2.45, 2.75) is 45.6 Å². The summed E-state index contributed by atoms with van der Waals surface area (Å²) < 4.78 is 10.8. The number of nitrogens with two attached hydrogens (primary N) is 1. The summed E-state index contributed by atoms with van der Waals surface area (Å²) in [6.45, 7) is 9.74. The van der Waals surface area contributed by atoms with Crippen LogP contribution < -0.4 is 21.3 Å². The van der Waals surface area contributed by atoms with Gasteiger partial charge in [0.1, 0.15) is 0 Å². The van der Waals surface area contributed by atoms with Gasteiger partial charge in [-0.1, -0.05) is 13.8 Å². The molecule has 1 aromatic heterocycles. The molecule has 1 aliphatic heterocycles. The second kappa shape index (κ2) is 12.6. The van der Waals surface area contributed by atoms with Gasteiger partial charge < -0.3 is 30.7 Å². The Morgan fingerprint density at radius 2 is 1.63 bits per heavy atom. The molecule has 0 aliphatic carbocycles. The van der Waals surface area contributed by atoms with Crippen molar-refractivity contribution in [3.8, 4) is 0 Å². The molecule has 27 heavy (non-hydrogen) atoms. The van der Waals surface area contributed by atoms with E-state index in [0.29, 0.717) is 57.5 Å². The highest BCUT2D eigenvalue weighted by Gasteiger charge is 2.18. The van der Waals surface area contributed by atoms with E-state index in [9.17, 15) is 0 Å². The number of anilines is 3. The molecule has 1 aliphatic rings. The molecule has 2 heterocycles. The molecule has 9 nitrogen and oxygen atoms in total. The summed E-state index contributed by atoms with van der Waals surface area (Å²) in [5.41, 5.74) is 5.37. The second-order valence-electron chi connectivity index (χ2n) is 6.57. The van der Waals surface area contributed by atoms with Crippen LogP contribution in [0.4, 0.5) is 17.8 Å². The summed E-state index contributed by atoms with van der Waals surface area (Å²) in [6, 6.07) is 0.364. The molecule has 0 bridgehead atoms. The number of nitrogens with zero attached hydrogens (tertiary/aromatic N) is 4. The van der Waals surface area contributed by atoms with Crippen molar-refractivity contribution in [1.29, 1.82) is 0 Å². The van der Waals surface area contributed by atoms with Crippen LogP contribution in [0, 0.1) is 0 Å². The average Bonchev–Trinajstić information content (AvgIpc) is 3.23. The molecule has 0 amide bonds. The van der Waals surface area contributed by atoms with Gasteiger partial charge in [-0.15, -0.1) is 0 Å². The zero-order chi connectivity index (χ0) is 19.3. The fraction of sp³-hybridized carbons (Fsp3) is 0.833. The molecule has 0 saturated carbocycles. The quantitative estimate of drug-likeness (QED) is 0.413. The molecular weight excluding hydrogens is 346 g/mol. The van der Waals surface area contributed by atoms with E-state index in [-0.39, 0.29) is 0 Å². The van der Waals surface area contributed by atoms with Crippen LogP contribution in [0.5, 0.6) is 0 Å². The Kier molecular flexibility index (Phi) is 10.1. The fourth-order valence-electron chi connectivity index (χ4n) is 2.88. The van der Waals surface area contributed by atoms with Gasteiger partial charge in [0, 0.05) is 32.2 Å². The summed E-state index contributed by atoms with van der Waals surface area (Å²) >= 11 is 0. The van der Waals surface area contributed by atoms with Gasteiger partial charge in [0.2, 0.25) is 17.8 Å². The lowest BCUT2D eigenvalue weighted by molar-refractivity contribution is 0.0547. The lowest BCUT2D eigenvalue weighted by atomic mass is 10.2. The summed E-state index contributed by atoms with van der Waals surface area (Å²) in [6.07, 6.45) is 4.43. The van der Waals surface area contributed by atoms with E-state index in [4.69, 9.17) is 15.2 Å². The number of hydrogen-bond acceptors (Lipinski definition) is 9. The third-order valence-electron chi connectivity index (χ3n) is 4.50. The summed E-state index contributed by atoms with van der Waals surface area (Å²) in [5.74, 6) is 1.97. The largest absolute Gasteiger partial charge is 0.378 e. The van der Waals surface area contributed by atoms with Crippen LogP contribution in [-0.4, -0.2) is 73.6 Å². The second-order valence-corrected chi connectivity index (χ2v) is 6.57. The molecule has 1 aromatic rings. The number of rotatable bonds is 14. The monoisotopic (exact) mass is 381 g/mol. The van der Waals surface area contributed by atoms with E-state index in [1.807, 2.05) is 0 Å². The smallest absolute Gasteiger partial charge is 0.231 e. The van der Waals surface area contributed by atoms with Crippen LogP contribution in [0.3, 0.4) is 0 Å². The first kappa shape index (κ1) is 21.6. The summed E-state index contributed by atoms with van der Waals surface area (Å²) in [4.78, 5) is 16.0. The summed E-state index contributed by atoms with van der Waals surface area (Å²) in [5, 5.41) is 6.67. The highest BCUT2D eigenvalue weighted by Crippen LogP contribution is 2.19. The van der Waals surface area contributed by atoms with Crippen LogP contribution in [-0.2, 0) is 9.47 Å². The van der Waals surface area contributed by atoms with E-state index in [0.717, 1.165) is 31.9 Å². The molecule has 0 aromatic carbocycles. The topological polar surface area (TPSA) is 110 Å². The van der Waals surface area contributed by atoms with E-state index in [1.165, 1.54) is 12.8 Å². The SMILES string of the molecule is CCC(CC)Nc1nc(NCCOCCOCCN)nc(N2CCCC2)n1. The number of nitrogens with one attached hydrogen (secondary N) is 2. The molecule has 4 N–H and O–H groups in total. The first-order valence-corrected chi connectivity index (χ1v) is 10.1. The van der Waals surface area contributed by atoms with Gasteiger partial charge in [0.25, 0.3) is 0 Å². The normalized spacial score (nSPS) is 14.1. The molecule has 1 fully saturated rings. The van der Waals surface area contributed by atoms with Crippen molar-refractivity contribution in [1.82, 2.24) is 15.0 Å². The Hall–Kier alpha value is -1.71. The van der Waals surface area contributed by atoms with Gasteiger partial charge in [0.15, 0.2) is 0 Å². The van der Waals surface area contributed by atoms with Crippen LogP contribution in [0.15, 0.2) is 0 Å². The van der Waals surface area contributed by atoms with Gasteiger partial charge in [-0.2, -0.15) is 15.0 Å². The Balaban J connectivity index is 1.88. The molecule has 0 spiro atoms. The van der Waals surface area contributed by atoms with E-state index in [1.54, 1.807) is 0 Å². The van der Waals surface area contributed by atoms with Gasteiger partial charge in [-0.05, 0) is 25.7 Å². The van der Waals surface area contributed by atoms with E-state index >= 15 is 0 Å². The number of ether oxygens (including phenoxy) is 2. The van der Waals surface area contributed by atoms with Crippen molar-refractivity contribution in [2.24, 2.45) is 5.73 Å². The Labute approximate surface area is 162 Å². The minimum Gasteiger partial charge on any atom is -0.378 e.